The summed E-state index contributed by atoms with van der Waals surface area (Å²) < 4.78 is 6.41. The number of H-pyrrole nitrogens is 1. The highest BCUT2D eigenvalue weighted by molar-refractivity contribution is 5.79. The number of nitrogens with zero attached hydrogens (tertiary/aromatic N) is 1. The van der Waals surface area contributed by atoms with Crippen LogP contribution in [0.25, 0.3) is 0 Å². The molecule has 2 N–H and O–H groups in total. The summed E-state index contributed by atoms with van der Waals surface area (Å²) in [6.07, 6.45) is 6.85. The highest BCUT2D eigenvalue weighted by atomic mass is 16.5. The van der Waals surface area contributed by atoms with Crippen LogP contribution < -0.4 is 16.6 Å². The minimum Gasteiger partial charge on any atom is -0.469 e. The van der Waals surface area contributed by atoms with Crippen LogP contribution in [0.5, 0.6) is 0 Å². The molecule has 27 heavy (non-hydrogen) atoms. The molecule has 0 spiro atoms. The number of aromatic nitrogens is 2. The summed E-state index contributed by atoms with van der Waals surface area (Å²) in [5.74, 6) is 0.630. The third kappa shape index (κ3) is 3.21. The molecule has 2 atom stereocenters. The number of hydrogen-bond acceptors (Lipinski definition) is 5. The Bertz CT molecular complexity index is 872. The van der Waals surface area contributed by atoms with Gasteiger partial charge in [-0.05, 0) is 50.4 Å². The first-order chi connectivity index (χ1) is 12.8. The number of aromatic amines is 1. The fraction of sp³-hybridized carbons (Fsp3) is 0.684. The zero-order chi connectivity index (χ0) is 19.2. The van der Waals surface area contributed by atoms with Gasteiger partial charge in [0.2, 0.25) is 5.91 Å². The lowest BCUT2D eigenvalue weighted by Crippen LogP contribution is -2.65. The van der Waals surface area contributed by atoms with Crippen LogP contribution in [0.4, 0.5) is 0 Å². The van der Waals surface area contributed by atoms with E-state index < -0.39 is 16.7 Å². The van der Waals surface area contributed by atoms with E-state index >= 15 is 0 Å². The number of carbonyl (C=O) groups excluding carboxylic acids is 2. The molecule has 0 radical (unpaired) electrons. The van der Waals surface area contributed by atoms with Crippen LogP contribution in [0.3, 0.4) is 0 Å². The summed E-state index contributed by atoms with van der Waals surface area (Å²) in [6.45, 7) is 0.201. The van der Waals surface area contributed by atoms with Crippen molar-refractivity contribution in [2.75, 3.05) is 7.11 Å². The summed E-state index contributed by atoms with van der Waals surface area (Å²) in [5.41, 5.74) is -1.77. The van der Waals surface area contributed by atoms with Gasteiger partial charge in [0.05, 0.1) is 12.5 Å². The summed E-state index contributed by atoms with van der Waals surface area (Å²) in [6, 6.07) is 1.26. The molecule has 1 aromatic rings. The van der Waals surface area contributed by atoms with E-state index in [2.05, 4.69) is 10.3 Å². The Morgan fingerprint density at radius 1 is 1.26 bits per heavy atom. The van der Waals surface area contributed by atoms with Crippen molar-refractivity contribution in [1.82, 2.24) is 14.9 Å². The van der Waals surface area contributed by atoms with Gasteiger partial charge in [-0.3, -0.25) is 19.4 Å². The van der Waals surface area contributed by atoms with E-state index in [1.165, 1.54) is 23.9 Å². The largest absolute Gasteiger partial charge is 0.469 e. The van der Waals surface area contributed by atoms with Gasteiger partial charge in [0.25, 0.3) is 5.56 Å². The number of nitrogens with one attached hydrogen (secondary N) is 2. The Morgan fingerprint density at radius 2 is 1.96 bits per heavy atom. The molecule has 8 nitrogen and oxygen atoms in total. The van der Waals surface area contributed by atoms with Crippen molar-refractivity contribution >= 4 is 11.9 Å². The Hall–Kier alpha value is -2.38. The Kier molecular flexibility index (Phi) is 4.24. The first-order valence-corrected chi connectivity index (χ1v) is 9.52. The lowest BCUT2D eigenvalue weighted by atomic mass is 9.47. The smallest absolute Gasteiger partial charge is 0.328 e. The van der Waals surface area contributed by atoms with E-state index in [9.17, 15) is 19.2 Å². The maximum absolute atomic E-state index is 12.6. The van der Waals surface area contributed by atoms with Crippen molar-refractivity contribution in [3.8, 4) is 0 Å². The minimum absolute atomic E-state index is 0.130. The second kappa shape index (κ2) is 6.35. The predicted octanol–water partition coefficient (Wildman–Crippen LogP) is 0.555. The quantitative estimate of drug-likeness (QED) is 0.731. The number of ether oxygens (including phenoxy) is 1. The third-order valence-electron chi connectivity index (χ3n) is 6.56. The minimum atomic E-state index is -0.519. The zero-order valence-electron chi connectivity index (χ0n) is 15.5. The number of amides is 1. The molecule has 0 aliphatic heterocycles. The molecule has 1 amide bonds. The summed E-state index contributed by atoms with van der Waals surface area (Å²) in [7, 11) is 1.44. The first-order valence-electron chi connectivity index (χ1n) is 9.52. The van der Waals surface area contributed by atoms with Crippen LogP contribution in [-0.4, -0.2) is 34.1 Å². The molecule has 0 saturated heterocycles. The maximum atomic E-state index is 12.6. The van der Waals surface area contributed by atoms with Crippen molar-refractivity contribution < 1.29 is 14.3 Å². The van der Waals surface area contributed by atoms with Crippen LogP contribution in [0, 0.1) is 17.3 Å². The van der Waals surface area contributed by atoms with Gasteiger partial charge >= 0.3 is 11.7 Å². The van der Waals surface area contributed by atoms with Gasteiger partial charge in [-0.2, -0.15) is 0 Å². The second-order valence-corrected chi connectivity index (χ2v) is 8.61. The van der Waals surface area contributed by atoms with E-state index in [-0.39, 0.29) is 30.4 Å². The highest BCUT2D eigenvalue weighted by Crippen LogP contribution is 2.62. The van der Waals surface area contributed by atoms with E-state index in [1.807, 2.05) is 0 Å². The summed E-state index contributed by atoms with van der Waals surface area (Å²) in [5, 5.41) is 3.20. The molecular weight excluding hydrogens is 350 g/mol. The molecular formula is C19H25N3O5. The van der Waals surface area contributed by atoms with Gasteiger partial charge in [-0.15, -0.1) is 0 Å². The van der Waals surface area contributed by atoms with Gasteiger partial charge in [0.1, 0.15) is 0 Å². The second-order valence-electron chi connectivity index (χ2n) is 8.61. The number of carbonyl (C=O) groups is 2. The maximum Gasteiger partial charge on any atom is 0.328 e. The number of rotatable bonds is 5. The van der Waals surface area contributed by atoms with Crippen LogP contribution in [0.2, 0.25) is 0 Å². The van der Waals surface area contributed by atoms with Crippen molar-refractivity contribution in [2.24, 2.45) is 17.3 Å². The van der Waals surface area contributed by atoms with Gasteiger partial charge in [0.15, 0.2) is 0 Å². The number of esters is 1. The molecule has 1 heterocycles. The summed E-state index contributed by atoms with van der Waals surface area (Å²) in [4.78, 5) is 50.1. The summed E-state index contributed by atoms with van der Waals surface area (Å²) >= 11 is 0. The van der Waals surface area contributed by atoms with E-state index in [1.54, 1.807) is 0 Å². The molecule has 4 aliphatic carbocycles. The number of aryl methyl sites for hydroxylation is 1. The normalized spacial score (nSPS) is 33.7. The molecule has 4 saturated carbocycles. The number of methoxy groups -OCH3 is 1. The van der Waals surface area contributed by atoms with Crippen LogP contribution in [0.15, 0.2) is 21.9 Å². The topological polar surface area (TPSA) is 110 Å². The molecule has 4 fully saturated rings. The van der Waals surface area contributed by atoms with Crippen LogP contribution in [-0.2, 0) is 20.9 Å². The fourth-order valence-corrected chi connectivity index (χ4v) is 6.06. The average molecular weight is 375 g/mol. The molecule has 8 heteroatoms. The highest BCUT2D eigenvalue weighted by Gasteiger charge is 2.61. The molecule has 146 valence electrons. The van der Waals surface area contributed by atoms with E-state index in [0.717, 1.165) is 32.1 Å². The van der Waals surface area contributed by atoms with Gasteiger partial charge in [-0.25, -0.2) is 4.79 Å². The number of hydrogen-bond donors (Lipinski definition) is 2. The Morgan fingerprint density at radius 3 is 2.59 bits per heavy atom. The Labute approximate surface area is 156 Å². The fourth-order valence-electron chi connectivity index (χ4n) is 6.06. The van der Waals surface area contributed by atoms with Gasteiger partial charge in [0, 0.05) is 30.8 Å². The monoisotopic (exact) mass is 375 g/mol. The van der Waals surface area contributed by atoms with Crippen molar-refractivity contribution in [3.05, 3.63) is 33.1 Å². The molecule has 0 unspecified atom stereocenters. The molecule has 0 aromatic carbocycles. The standard InChI is InChI=1S/C19H25N3O5/c1-27-16(25)18-7-12-6-13(8-18)10-19(9-12,11-18)21-15(24)3-5-22-4-2-14(23)20-17(22)26/h2,4,12-13H,3,5-11H2,1H3,(H,21,24)(H,20,23,26)/t12-,13-,18?,19?/m0/s1. The van der Waals surface area contributed by atoms with E-state index in [4.69, 9.17) is 4.74 Å². The van der Waals surface area contributed by atoms with Gasteiger partial charge < -0.3 is 14.6 Å². The first kappa shape index (κ1) is 18.0. The lowest BCUT2D eigenvalue weighted by molar-refractivity contribution is -0.173. The Balaban J connectivity index is 1.45. The predicted molar refractivity (Wildman–Crippen MR) is 95.9 cm³/mol. The van der Waals surface area contributed by atoms with Crippen molar-refractivity contribution in [3.63, 3.8) is 0 Å². The molecule has 5 rings (SSSR count). The third-order valence-corrected chi connectivity index (χ3v) is 6.56. The van der Waals surface area contributed by atoms with Crippen molar-refractivity contribution in [1.29, 1.82) is 0 Å². The van der Waals surface area contributed by atoms with Crippen LogP contribution >= 0.6 is 0 Å². The average Bonchev–Trinajstić information content (AvgIpc) is 2.58. The zero-order valence-corrected chi connectivity index (χ0v) is 15.5. The lowest BCUT2D eigenvalue weighted by Gasteiger charge is -2.60. The van der Waals surface area contributed by atoms with Gasteiger partial charge in [-0.1, -0.05) is 0 Å². The van der Waals surface area contributed by atoms with Crippen molar-refractivity contribution in [2.45, 2.75) is 57.0 Å². The molecule has 4 bridgehead atoms. The van der Waals surface area contributed by atoms with Crippen LogP contribution in [0.1, 0.15) is 44.9 Å². The molecule has 1 aromatic heterocycles. The SMILES string of the molecule is COC(=O)C12C[C@@H]3C[C@H](CC(NC(=O)CCn4ccc(=O)[nH]c4=O)(C3)C1)C2. The van der Waals surface area contributed by atoms with E-state index in [0.29, 0.717) is 18.3 Å². The molecule has 4 aliphatic rings.